The van der Waals surface area contributed by atoms with Crippen molar-refractivity contribution < 1.29 is 47.3 Å². The molecule has 65 heavy (non-hydrogen) atoms. The molecule has 4 amide bonds. The number of hydrogen-bond acceptors (Lipinski definition) is 10. The number of likely N-dealkylation sites (N-methyl/N-ethyl adjacent to an activating group) is 1. The molecular weight excluding hydrogens is 915 g/mol. The van der Waals surface area contributed by atoms with Crippen molar-refractivity contribution in [3.8, 4) is 5.75 Å². The predicted molar refractivity (Wildman–Crippen MR) is 256 cm³/mol. The molecule has 0 bridgehead atoms. The Labute approximate surface area is 399 Å². The van der Waals surface area contributed by atoms with Crippen molar-refractivity contribution in [1.29, 1.82) is 0 Å². The zero-order valence-corrected chi connectivity index (χ0v) is 42.0. The summed E-state index contributed by atoms with van der Waals surface area (Å²) in [6.07, 6.45) is -0.145. The van der Waals surface area contributed by atoms with Crippen molar-refractivity contribution in [2.45, 2.75) is 107 Å². The Kier molecular flexibility index (Phi) is 21.3. The molecule has 0 spiro atoms. The Morgan fingerprint density at radius 3 is 1.91 bits per heavy atom. The molecule has 0 aliphatic heterocycles. The maximum absolute atomic E-state index is 14.8. The average molecular weight is 978 g/mol. The lowest BCUT2D eigenvalue weighted by Gasteiger charge is -2.40. The van der Waals surface area contributed by atoms with Crippen LogP contribution < -0.4 is 20.7 Å². The summed E-state index contributed by atoms with van der Waals surface area (Å²) in [6.45, 7) is 15.0. The zero-order valence-electron chi connectivity index (χ0n) is 38.7. The van der Waals surface area contributed by atoms with Crippen LogP contribution in [0.4, 0.5) is 4.79 Å². The van der Waals surface area contributed by atoms with E-state index in [9.17, 15) is 24.0 Å². The van der Waals surface area contributed by atoms with E-state index in [1.165, 1.54) is 20.2 Å². The SMILES string of the molecule is COCOc1ccc(/C=C(/C(=O)N[C@@H](CC(C)C)C(=O)N[C@H](Cc2ccccc2)C(=O)OCC(Cl)(Cl)Cl)N(C)C(=O)[C@@H](NC(=O)OCc2ccccc2)[C@@H](C)O[Si](C)(C)C(C)(C)C)cc1. The van der Waals surface area contributed by atoms with E-state index in [1.54, 1.807) is 73.7 Å². The number of halogens is 3. The van der Waals surface area contributed by atoms with Gasteiger partial charge in [0.15, 0.2) is 15.1 Å². The number of alkyl carbamates (subject to hydrolysis) is 1. The fourth-order valence-electron chi connectivity index (χ4n) is 6.07. The van der Waals surface area contributed by atoms with Crippen LogP contribution in [0, 0.1) is 5.92 Å². The number of ether oxygens (including phenoxy) is 4. The minimum atomic E-state index is -2.55. The molecule has 14 nitrogen and oxygen atoms in total. The highest BCUT2D eigenvalue weighted by Crippen LogP contribution is 2.38. The monoisotopic (exact) mass is 976 g/mol. The lowest BCUT2D eigenvalue weighted by Crippen LogP contribution is -2.58. The first-order chi connectivity index (χ1) is 30.4. The molecule has 18 heteroatoms. The van der Waals surface area contributed by atoms with Crippen LogP contribution in [0.1, 0.15) is 64.7 Å². The van der Waals surface area contributed by atoms with Crippen molar-refractivity contribution in [2.24, 2.45) is 5.92 Å². The zero-order chi connectivity index (χ0) is 48.5. The second kappa shape index (κ2) is 25.3. The first-order valence-corrected chi connectivity index (χ1v) is 25.2. The molecule has 3 aromatic carbocycles. The molecule has 0 radical (unpaired) electrons. The van der Waals surface area contributed by atoms with Crippen LogP contribution in [0.3, 0.4) is 0 Å². The molecule has 0 fully saturated rings. The standard InChI is InChI=1S/C47H63Cl3N4O10Si/c1-31(2)25-37(41(55)52-38(26-33-17-13-11-14-18-33)44(58)62-29-47(48,49)50)51-42(56)39(27-34-21-23-36(24-22-34)63-30-60-8)54(7)43(57)40(32(3)64-65(9,10)46(4,5)6)53-45(59)61-28-35-19-15-12-16-20-35/h11-24,27,31-32,37-38,40H,25-26,28-30H2,1-10H3,(H,51,56)(H,52,55)(H,53,59)/b39-27-/t32-,37+,38-,40+/m1/s1. The number of benzene rings is 3. The van der Waals surface area contributed by atoms with Gasteiger partial charge in [0.2, 0.25) is 9.70 Å². The summed E-state index contributed by atoms with van der Waals surface area (Å²) >= 11 is 17.6. The molecule has 0 saturated carbocycles. The van der Waals surface area contributed by atoms with Gasteiger partial charge in [0.05, 0.1) is 6.10 Å². The highest BCUT2D eigenvalue weighted by molar-refractivity contribution is 6.74. The van der Waals surface area contributed by atoms with Gasteiger partial charge in [-0.05, 0) is 72.3 Å². The number of alkyl halides is 3. The third-order valence-electron chi connectivity index (χ3n) is 10.6. The molecule has 356 valence electrons. The molecular formula is C47H63Cl3N4O10Si. The lowest BCUT2D eigenvalue weighted by atomic mass is 10.0. The van der Waals surface area contributed by atoms with Gasteiger partial charge in [-0.15, -0.1) is 0 Å². The molecule has 3 N–H and O–H groups in total. The van der Waals surface area contributed by atoms with Crippen molar-refractivity contribution in [3.05, 3.63) is 107 Å². The predicted octanol–water partition coefficient (Wildman–Crippen LogP) is 8.35. The van der Waals surface area contributed by atoms with Crippen LogP contribution in [-0.4, -0.2) is 98.6 Å². The van der Waals surface area contributed by atoms with E-state index in [-0.39, 0.29) is 42.9 Å². The number of rotatable bonds is 22. The first kappa shape index (κ1) is 54.7. The molecule has 0 aliphatic carbocycles. The first-order valence-electron chi connectivity index (χ1n) is 21.2. The smallest absolute Gasteiger partial charge is 0.408 e. The highest BCUT2D eigenvalue weighted by Gasteiger charge is 2.43. The quantitative estimate of drug-likeness (QED) is 0.0292. The van der Waals surface area contributed by atoms with Crippen molar-refractivity contribution in [3.63, 3.8) is 0 Å². The van der Waals surface area contributed by atoms with E-state index in [2.05, 4.69) is 16.0 Å². The van der Waals surface area contributed by atoms with Crippen LogP contribution in [0.2, 0.25) is 18.1 Å². The third kappa shape index (κ3) is 18.6. The number of amides is 4. The van der Waals surface area contributed by atoms with Gasteiger partial charge in [0.25, 0.3) is 11.8 Å². The largest absolute Gasteiger partial charge is 0.468 e. The fraction of sp³-hybridized carbons (Fsp3) is 0.468. The normalized spacial score (nSPS) is 14.0. The van der Waals surface area contributed by atoms with Crippen LogP contribution in [0.25, 0.3) is 6.08 Å². The number of hydrogen-bond donors (Lipinski definition) is 3. The van der Waals surface area contributed by atoms with Gasteiger partial charge >= 0.3 is 12.1 Å². The Morgan fingerprint density at radius 1 is 0.785 bits per heavy atom. The fourth-order valence-corrected chi connectivity index (χ4v) is 7.66. The number of nitrogens with zero attached hydrogens (tertiary/aromatic N) is 1. The van der Waals surface area contributed by atoms with Gasteiger partial charge in [-0.2, -0.15) is 0 Å². The molecule has 0 aliphatic rings. The summed E-state index contributed by atoms with van der Waals surface area (Å²) in [4.78, 5) is 71.7. The average Bonchev–Trinajstić information content (AvgIpc) is 3.24. The summed E-state index contributed by atoms with van der Waals surface area (Å²) in [5.74, 6) is -2.74. The lowest BCUT2D eigenvalue weighted by molar-refractivity contribution is -0.148. The van der Waals surface area contributed by atoms with Gasteiger partial charge in [-0.25, -0.2) is 9.59 Å². The Balaban J connectivity index is 2.06. The Morgan fingerprint density at radius 2 is 1.37 bits per heavy atom. The number of methoxy groups -OCH3 is 1. The molecule has 4 atom stereocenters. The van der Waals surface area contributed by atoms with Crippen molar-refractivity contribution in [2.75, 3.05) is 27.6 Å². The maximum Gasteiger partial charge on any atom is 0.408 e. The minimum Gasteiger partial charge on any atom is -0.468 e. The number of carbonyl (C=O) groups is 5. The Bertz CT molecular complexity index is 2050. The van der Waals surface area contributed by atoms with Crippen LogP contribution in [0.5, 0.6) is 5.75 Å². The van der Waals surface area contributed by atoms with E-state index < -0.39 is 72.7 Å². The van der Waals surface area contributed by atoms with E-state index in [1.807, 2.05) is 65.9 Å². The molecule has 3 aromatic rings. The summed E-state index contributed by atoms with van der Waals surface area (Å²) in [5.41, 5.74) is 1.74. The van der Waals surface area contributed by atoms with E-state index in [0.29, 0.717) is 16.9 Å². The van der Waals surface area contributed by atoms with Gasteiger partial charge < -0.3 is 44.2 Å². The van der Waals surface area contributed by atoms with Gasteiger partial charge in [0.1, 0.15) is 42.8 Å². The highest BCUT2D eigenvalue weighted by atomic mass is 35.6. The summed E-state index contributed by atoms with van der Waals surface area (Å²) in [5, 5.41) is 7.99. The number of carbonyl (C=O) groups excluding carboxylic acids is 5. The molecule has 0 unspecified atom stereocenters. The second-order valence-electron chi connectivity index (χ2n) is 17.4. The second-order valence-corrected chi connectivity index (χ2v) is 24.7. The molecule has 0 heterocycles. The molecule has 0 aromatic heterocycles. The van der Waals surface area contributed by atoms with Crippen molar-refractivity contribution in [1.82, 2.24) is 20.9 Å². The van der Waals surface area contributed by atoms with Gasteiger partial charge in [-0.1, -0.05) is 142 Å². The van der Waals surface area contributed by atoms with Gasteiger partial charge in [-0.3, -0.25) is 14.4 Å². The van der Waals surface area contributed by atoms with Crippen LogP contribution in [0.15, 0.2) is 90.6 Å². The third-order valence-corrected chi connectivity index (χ3v) is 15.5. The molecule has 0 saturated heterocycles. The van der Waals surface area contributed by atoms with E-state index in [4.69, 9.17) is 58.2 Å². The minimum absolute atomic E-state index is 0.00746. The van der Waals surface area contributed by atoms with E-state index in [0.717, 1.165) is 10.5 Å². The summed E-state index contributed by atoms with van der Waals surface area (Å²) in [6, 6.07) is 20.8. The summed E-state index contributed by atoms with van der Waals surface area (Å²) in [7, 11) is 0.338. The number of nitrogens with one attached hydrogen (secondary N) is 3. The van der Waals surface area contributed by atoms with Crippen LogP contribution in [-0.2, 0) is 50.8 Å². The maximum atomic E-state index is 14.8. The van der Waals surface area contributed by atoms with Gasteiger partial charge in [0, 0.05) is 20.6 Å². The Hall–Kier alpha value is -4.64. The van der Waals surface area contributed by atoms with E-state index >= 15 is 0 Å². The molecule has 3 rings (SSSR count). The topological polar surface area (TPSA) is 171 Å². The van der Waals surface area contributed by atoms with Crippen molar-refractivity contribution >= 4 is 79.0 Å². The summed E-state index contributed by atoms with van der Waals surface area (Å²) < 4.78 is 26.1. The number of esters is 1. The van der Waals surface area contributed by atoms with Crippen LogP contribution >= 0.6 is 34.8 Å².